The number of halogens is 1. The average molecular weight is 504 g/mol. The first-order valence-electron chi connectivity index (χ1n) is 8.78. The lowest BCUT2D eigenvalue weighted by molar-refractivity contribution is -0.121. The number of aliphatic imine (C=N–C) groups is 1. The van der Waals surface area contributed by atoms with E-state index in [-0.39, 0.29) is 42.0 Å². The van der Waals surface area contributed by atoms with Crippen LogP contribution in [0.5, 0.6) is 0 Å². The maximum atomic E-state index is 11.9. The molecule has 1 atom stereocenters. The van der Waals surface area contributed by atoms with E-state index in [1.807, 2.05) is 58.0 Å². The van der Waals surface area contributed by atoms with Crippen molar-refractivity contribution in [3.8, 4) is 0 Å². The van der Waals surface area contributed by atoms with Gasteiger partial charge in [-0.1, -0.05) is 18.2 Å². The number of rotatable bonds is 6. The van der Waals surface area contributed by atoms with E-state index in [4.69, 9.17) is 0 Å². The predicted octanol–water partition coefficient (Wildman–Crippen LogP) is 3.02. The van der Waals surface area contributed by atoms with E-state index in [1.165, 1.54) is 0 Å². The summed E-state index contributed by atoms with van der Waals surface area (Å²) in [5.41, 5.74) is -0.282. The third-order valence-corrected chi connectivity index (χ3v) is 4.69. The number of amides is 1. The number of nitrogens with one attached hydrogen (secondary N) is 3. The molecule has 0 aliphatic heterocycles. The SMILES string of the molecule is CCNC(=NCC(=O)NC(C)(C)C)NCC(O)c1cc2ccccc2s1.I. The second kappa shape index (κ2) is 10.8. The topological polar surface area (TPSA) is 85.8 Å². The van der Waals surface area contributed by atoms with Crippen molar-refractivity contribution >= 4 is 57.3 Å². The normalized spacial score (nSPS) is 13.0. The summed E-state index contributed by atoms with van der Waals surface area (Å²) in [5.74, 6) is 0.372. The fraction of sp³-hybridized carbons (Fsp3) is 0.474. The molecule has 4 N–H and O–H groups in total. The van der Waals surface area contributed by atoms with Crippen LogP contribution in [0.1, 0.15) is 38.7 Å². The molecule has 150 valence electrons. The third kappa shape index (κ3) is 8.02. The molecule has 0 fully saturated rings. The number of hydrogen-bond acceptors (Lipinski definition) is 4. The first-order valence-corrected chi connectivity index (χ1v) is 9.60. The van der Waals surface area contributed by atoms with Crippen LogP contribution in [0.3, 0.4) is 0 Å². The monoisotopic (exact) mass is 504 g/mol. The van der Waals surface area contributed by atoms with Crippen LogP contribution in [0.4, 0.5) is 0 Å². The molecule has 1 aromatic carbocycles. The molecule has 1 amide bonds. The van der Waals surface area contributed by atoms with E-state index < -0.39 is 6.10 Å². The molecule has 0 saturated carbocycles. The second-order valence-electron chi connectivity index (χ2n) is 7.08. The molecule has 0 saturated heterocycles. The van der Waals surface area contributed by atoms with Gasteiger partial charge in [0.2, 0.25) is 5.91 Å². The Bertz CT molecular complexity index is 737. The van der Waals surface area contributed by atoms with Crippen LogP contribution in [0.25, 0.3) is 10.1 Å². The quantitative estimate of drug-likeness (QED) is 0.277. The summed E-state index contributed by atoms with van der Waals surface area (Å²) in [4.78, 5) is 17.1. The summed E-state index contributed by atoms with van der Waals surface area (Å²) in [6.07, 6.45) is -0.639. The molecule has 2 aromatic rings. The molecule has 0 aliphatic carbocycles. The van der Waals surface area contributed by atoms with E-state index in [0.717, 1.165) is 15.0 Å². The van der Waals surface area contributed by atoms with Gasteiger partial charge in [0.15, 0.2) is 5.96 Å². The molecule has 1 aromatic heterocycles. The van der Waals surface area contributed by atoms with Gasteiger partial charge in [-0.15, -0.1) is 35.3 Å². The number of carbonyl (C=O) groups is 1. The Balaban J connectivity index is 0.00000364. The minimum atomic E-state index is -0.639. The van der Waals surface area contributed by atoms with Crippen molar-refractivity contribution in [2.45, 2.75) is 39.3 Å². The summed E-state index contributed by atoms with van der Waals surface area (Å²) >= 11 is 1.58. The summed E-state index contributed by atoms with van der Waals surface area (Å²) in [5, 5.41) is 20.6. The second-order valence-corrected chi connectivity index (χ2v) is 8.19. The van der Waals surface area contributed by atoms with E-state index >= 15 is 0 Å². The number of thiophene rings is 1. The zero-order chi connectivity index (χ0) is 19.2. The Hall–Kier alpha value is -1.39. The van der Waals surface area contributed by atoms with Gasteiger partial charge < -0.3 is 21.1 Å². The molecular weight excluding hydrogens is 475 g/mol. The molecule has 1 heterocycles. The van der Waals surface area contributed by atoms with E-state index in [9.17, 15) is 9.90 Å². The summed E-state index contributed by atoms with van der Waals surface area (Å²) < 4.78 is 1.15. The summed E-state index contributed by atoms with van der Waals surface area (Å²) in [7, 11) is 0. The Labute approximate surface area is 181 Å². The highest BCUT2D eigenvalue weighted by atomic mass is 127. The Morgan fingerprint density at radius 3 is 2.59 bits per heavy atom. The Kier molecular flexibility index (Phi) is 9.48. The average Bonchev–Trinajstić information content (AvgIpc) is 2.99. The number of benzene rings is 1. The molecular formula is C19H29IN4O2S. The van der Waals surface area contributed by atoms with Gasteiger partial charge in [-0.25, -0.2) is 4.99 Å². The molecule has 0 spiro atoms. The van der Waals surface area contributed by atoms with Crippen molar-refractivity contribution in [3.05, 3.63) is 35.2 Å². The largest absolute Gasteiger partial charge is 0.386 e. The van der Waals surface area contributed by atoms with Crippen molar-refractivity contribution in [2.75, 3.05) is 19.6 Å². The zero-order valence-corrected chi connectivity index (χ0v) is 19.4. The van der Waals surface area contributed by atoms with Crippen molar-refractivity contribution in [3.63, 3.8) is 0 Å². The number of nitrogens with zero attached hydrogens (tertiary/aromatic N) is 1. The molecule has 27 heavy (non-hydrogen) atoms. The van der Waals surface area contributed by atoms with Crippen molar-refractivity contribution in [1.82, 2.24) is 16.0 Å². The molecule has 6 nitrogen and oxygen atoms in total. The van der Waals surface area contributed by atoms with Crippen LogP contribution in [-0.2, 0) is 4.79 Å². The number of aliphatic hydroxyl groups excluding tert-OH is 1. The number of aliphatic hydroxyl groups is 1. The molecule has 1 unspecified atom stereocenters. The van der Waals surface area contributed by atoms with Gasteiger partial charge in [-0.2, -0.15) is 0 Å². The van der Waals surface area contributed by atoms with Gasteiger partial charge >= 0.3 is 0 Å². The van der Waals surface area contributed by atoms with Gasteiger partial charge in [0, 0.05) is 28.2 Å². The Morgan fingerprint density at radius 1 is 1.26 bits per heavy atom. The zero-order valence-electron chi connectivity index (χ0n) is 16.2. The molecule has 2 rings (SSSR count). The Morgan fingerprint density at radius 2 is 1.96 bits per heavy atom. The van der Waals surface area contributed by atoms with Crippen molar-refractivity contribution in [2.24, 2.45) is 4.99 Å². The maximum Gasteiger partial charge on any atom is 0.242 e. The van der Waals surface area contributed by atoms with Crippen LogP contribution in [0, 0.1) is 0 Å². The van der Waals surface area contributed by atoms with Crippen LogP contribution in [0.15, 0.2) is 35.3 Å². The minimum Gasteiger partial charge on any atom is -0.386 e. The van der Waals surface area contributed by atoms with E-state index in [2.05, 4.69) is 20.9 Å². The van der Waals surface area contributed by atoms with Crippen molar-refractivity contribution < 1.29 is 9.90 Å². The van der Waals surface area contributed by atoms with Crippen LogP contribution in [0.2, 0.25) is 0 Å². The van der Waals surface area contributed by atoms with Crippen molar-refractivity contribution in [1.29, 1.82) is 0 Å². The van der Waals surface area contributed by atoms with Gasteiger partial charge in [0.1, 0.15) is 12.6 Å². The van der Waals surface area contributed by atoms with Crippen LogP contribution >= 0.6 is 35.3 Å². The van der Waals surface area contributed by atoms with Crippen LogP contribution in [-0.4, -0.2) is 42.1 Å². The van der Waals surface area contributed by atoms with Gasteiger partial charge in [0.25, 0.3) is 0 Å². The lowest BCUT2D eigenvalue weighted by Gasteiger charge is -2.20. The number of hydrogen-bond donors (Lipinski definition) is 4. The summed E-state index contributed by atoms with van der Waals surface area (Å²) in [6.45, 7) is 8.77. The maximum absolute atomic E-state index is 11.9. The number of carbonyl (C=O) groups excluding carboxylic acids is 1. The summed E-state index contributed by atoms with van der Waals surface area (Å²) in [6, 6.07) is 10.1. The molecule has 0 bridgehead atoms. The van der Waals surface area contributed by atoms with Gasteiger partial charge in [-0.05, 0) is 45.2 Å². The molecule has 8 heteroatoms. The highest BCUT2D eigenvalue weighted by molar-refractivity contribution is 14.0. The predicted molar refractivity (Wildman–Crippen MR) is 124 cm³/mol. The van der Waals surface area contributed by atoms with Gasteiger partial charge in [0.05, 0.1) is 0 Å². The first kappa shape index (κ1) is 23.6. The standard InChI is InChI=1S/C19H28N4O2S.HI/c1-5-20-18(22-12-17(25)23-19(2,3)4)21-11-14(24)16-10-13-8-6-7-9-15(13)26-16;/h6-10,14,24H,5,11-12H2,1-4H3,(H,23,25)(H2,20,21,22);1H. The fourth-order valence-corrected chi connectivity index (χ4v) is 3.46. The lowest BCUT2D eigenvalue weighted by atomic mass is 10.1. The van der Waals surface area contributed by atoms with E-state index in [1.54, 1.807) is 11.3 Å². The highest BCUT2D eigenvalue weighted by Gasteiger charge is 2.14. The first-order chi connectivity index (χ1) is 12.3. The lowest BCUT2D eigenvalue weighted by Crippen LogP contribution is -2.43. The smallest absolute Gasteiger partial charge is 0.242 e. The molecule has 0 radical (unpaired) electrons. The minimum absolute atomic E-state index is 0. The highest BCUT2D eigenvalue weighted by Crippen LogP contribution is 2.29. The van der Waals surface area contributed by atoms with Crippen LogP contribution < -0.4 is 16.0 Å². The van der Waals surface area contributed by atoms with Gasteiger partial charge in [-0.3, -0.25) is 4.79 Å². The van der Waals surface area contributed by atoms with E-state index in [0.29, 0.717) is 19.0 Å². The number of guanidine groups is 1. The molecule has 0 aliphatic rings. The fourth-order valence-electron chi connectivity index (χ4n) is 2.41. The number of fused-ring (bicyclic) bond motifs is 1. The third-order valence-electron chi connectivity index (χ3n) is 3.48.